The fourth-order valence-electron chi connectivity index (χ4n) is 5.05. The van der Waals surface area contributed by atoms with Gasteiger partial charge in [0, 0.05) is 19.4 Å². The number of carbonyl (C=O) groups is 2. The van der Waals surface area contributed by atoms with Gasteiger partial charge in [0.05, 0.1) is 13.2 Å². The summed E-state index contributed by atoms with van der Waals surface area (Å²) in [6.07, 6.45) is 42.5. The van der Waals surface area contributed by atoms with Gasteiger partial charge in [0.1, 0.15) is 6.61 Å². The summed E-state index contributed by atoms with van der Waals surface area (Å²) in [5, 5.41) is 0. The number of unbranched alkanes of at least 4 members (excludes halogenated alkanes) is 16. The van der Waals surface area contributed by atoms with Crippen LogP contribution in [0.25, 0.3) is 0 Å². The number of rotatable bonds is 36. The van der Waals surface area contributed by atoms with Gasteiger partial charge in [0.2, 0.25) is 0 Å². The molecule has 0 aromatic carbocycles. The van der Waals surface area contributed by atoms with Crippen LogP contribution in [-0.2, 0) is 32.7 Å². The van der Waals surface area contributed by atoms with Crippen LogP contribution in [0.3, 0.4) is 0 Å². The fourth-order valence-corrected chi connectivity index (χ4v) is 5.81. The summed E-state index contributed by atoms with van der Waals surface area (Å²) < 4.78 is 32.6. The van der Waals surface area contributed by atoms with Crippen LogP contribution < -0.4 is 5.73 Å². The molecule has 0 aromatic rings. The molecule has 0 amide bonds. The lowest BCUT2D eigenvalue weighted by Gasteiger charge is -2.19. The third-order valence-electron chi connectivity index (χ3n) is 7.98. The van der Waals surface area contributed by atoms with Crippen LogP contribution in [0, 0.1) is 0 Å². The number of phosphoric ester groups is 1. The minimum absolute atomic E-state index is 0.0449. The molecule has 0 saturated carbocycles. The van der Waals surface area contributed by atoms with Crippen molar-refractivity contribution in [3.05, 3.63) is 60.8 Å². The van der Waals surface area contributed by atoms with E-state index < -0.39 is 32.5 Å². The van der Waals surface area contributed by atoms with Crippen molar-refractivity contribution in [2.45, 2.75) is 161 Å². The molecule has 1 unspecified atom stereocenters. The van der Waals surface area contributed by atoms with Crippen molar-refractivity contribution in [2.75, 3.05) is 26.4 Å². The van der Waals surface area contributed by atoms with E-state index >= 15 is 0 Å². The summed E-state index contributed by atoms with van der Waals surface area (Å²) in [6.45, 7) is 3.53. The number of phosphoric acid groups is 1. The minimum atomic E-state index is -4.38. The molecule has 0 aliphatic rings. The lowest BCUT2D eigenvalue weighted by Crippen LogP contribution is -2.29. The van der Waals surface area contributed by atoms with Crippen molar-refractivity contribution in [1.82, 2.24) is 0 Å². The van der Waals surface area contributed by atoms with Crippen molar-refractivity contribution in [1.29, 1.82) is 0 Å². The average molecular weight is 738 g/mol. The maximum absolute atomic E-state index is 12.5. The molecular weight excluding hydrogens is 665 g/mol. The Bertz CT molecular complexity index is 1020. The summed E-state index contributed by atoms with van der Waals surface area (Å²) in [6, 6.07) is 0. The lowest BCUT2D eigenvalue weighted by atomic mass is 10.1. The zero-order valence-electron chi connectivity index (χ0n) is 32.1. The standard InChI is InChI=1S/C41H72NO8P/c1-3-5-7-9-11-13-15-17-19-21-23-25-27-29-31-33-40(43)47-37-39(38-49-51(45,46)48-36-35-42)50-41(44)34-32-30-28-26-24-22-20-18-16-14-12-10-8-6-4-2/h5,7,9,11,13,15,17,19,22,24,39H,3-4,6,8,10,12,14,16,18,20-21,23,25-38,42H2,1-2H3,(H,45,46)/b7-5+,11-9+,15-13+,19-17+,24-22+/t39-/m1/s1. The topological polar surface area (TPSA) is 134 Å². The third-order valence-corrected chi connectivity index (χ3v) is 8.97. The van der Waals surface area contributed by atoms with Gasteiger partial charge in [-0.05, 0) is 57.8 Å². The molecule has 0 heterocycles. The molecule has 0 radical (unpaired) electrons. The van der Waals surface area contributed by atoms with Crippen molar-refractivity contribution in [2.24, 2.45) is 5.73 Å². The first kappa shape index (κ1) is 48.7. The Hall–Kier alpha value is -2.29. The highest BCUT2D eigenvalue weighted by atomic mass is 31.2. The van der Waals surface area contributed by atoms with E-state index in [2.05, 4.69) is 44.2 Å². The van der Waals surface area contributed by atoms with Crippen molar-refractivity contribution in [3.63, 3.8) is 0 Å². The first-order valence-corrected chi connectivity index (χ1v) is 21.3. The number of carbonyl (C=O) groups excluding carboxylic acids is 2. The second kappa shape index (κ2) is 37.5. The number of hydrogen-bond acceptors (Lipinski definition) is 8. The molecular formula is C41H72NO8P. The zero-order valence-corrected chi connectivity index (χ0v) is 33.0. The van der Waals surface area contributed by atoms with Crippen molar-refractivity contribution in [3.8, 4) is 0 Å². The Labute approximate surface area is 310 Å². The van der Waals surface area contributed by atoms with Gasteiger partial charge in [-0.1, -0.05) is 145 Å². The predicted octanol–water partition coefficient (Wildman–Crippen LogP) is 10.9. The van der Waals surface area contributed by atoms with Gasteiger partial charge in [0.25, 0.3) is 0 Å². The van der Waals surface area contributed by atoms with Gasteiger partial charge in [-0.25, -0.2) is 4.57 Å². The highest BCUT2D eigenvalue weighted by molar-refractivity contribution is 7.47. The van der Waals surface area contributed by atoms with E-state index in [1.165, 1.54) is 51.4 Å². The maximum atomic E-state index is 12.5. The molecule has 0 saturated heterocycles. The quantitative estimate of drug-likeness (QED) is 0.0212. The highest BCUT2D eigenvalue weighted by Gasteiger charge is 2.25. The molecule has 9 nitrogen and oxygen atoms in total. The second-order valence-electron chi connectivity index (χ2n) is 12.9. The van der Waals surface area contributed by atoms with Crippen LogP contribution in [0.1, 0.15) is 155 Å². The van der Waals surface area contributed by atoms with E-state index in [0.717, 1.165) is 64.2 Å². The van der Waals surface area contributed by atoms with Crippen LogP contribution in [-0.4, -0.2) is 49.3 Å². The van der Waals surface area contributed by atoms with Gasteiger partial charge < -0.3 is 20.1 Å². The largest absolute Gasteiger partial charge is 0.472 e. The van der Waals surface area contributed by atoms with Crippen LogP contribution in [0.5, 0.6) is 0 Å². The summed E-state index contributed by atoms with van der Waals surface area (Å²) in [4.78, 5) is 34.7. The van der Waals surface area contributed by atoms with Crippen molar-refractivity contribution >= 4 is 19.8 Å². The summed E-state index contributed by atoms with van der Waals surface area (Å²) in [5.41, 5.74) is 5.33. The van der Waals surface area contributed by atoms with Crippen molar-refractivity contribution < 1.29 is 37.6 Å². The normalized spacial score (nSPS) is 14.0. The van der Waals surface area contributed by atoms with E-state index in [0.29, 0.717) is 12.8 Å². The molecule has 2 atom stereocenters. The molecule has 10 heteroatoms. The van der Waals surface area contributed by atoms with Gasteiger partial charge in [-0.15, -0.1) is 0 Å². The number of allylic oxidation sites excluding steroid dienone is 10. The number of ether oxygens (including phenoxy) is 2. The molecule has 0 bridgehead atoms. The fraction of sp³-hybridized carbons (Fsp3) is 0.707. The summed E-state index contributed by atoms with van der Waals surface area (Å²) in [7, 11) is -4.38. The average Bonchev–Trinajstić information content (AvgIpc) is 3.11. The summed E-state index contributed by atoms with van der Waals surface area (Å²) in [5.74, 6) is -0.880. The molecule has 0 aromatic heterocycles. The van der Waals surface area contributed by atoms with E-state index in [-0.39, 0.29) is 32.6 Å². The van der Waals surface area contributed by atoms with Crippen LogP contribution in [0.2, 0.25) is 0 Å². The van der Waals surface area contributed by atoms with E-state index in [1.54, 1.807) is 0 Å². The van der Waals surface area contributed by atoms with Crippen LogP contribution in [0.15, 0.2) is 60.8 Å². The van der Waals surface area contributed by atoms with E-state index in [9.17, 15) is 19.0 Å². The smallest absolute Gasteiger partial charge is 0.462 e. The van der Waals surface area contributed by atoms with Gasteiger partial charge in [-0.2, -0.15) is 0 Å². The minimum Gasteiger partial charge on any atom is -0.462 e. The Morgan fingerprint density at radius 1 is 0.608 bits per heavy atom. The number of nitrogens with two attached hydrogens (primary N) is 1. The maximum Gasteiger partial charge on any atom is 0.472 e. The van der Waals surface area contributed by atoms with Crippen LogP contribution >= 0.6 is 7.82 Å². The van der Waals surface area contributed by atoms with Gasteiger partial charge >= 0.3 is 19.8 Å². The zero-order chi connectivity index (χ0) is 37.5. The molecule has 0 spiro atoms. The molecule has 0 fully saturated rings. The van der Waals surface area contributed by atoms with Gasteiger partial charge in [0.15, 0.2) is 6.10 Å². The molecule has 3 N–H and O–H groups in total. The molecule has 0 rings (SSSR count). The first-order valence-electron chi connectivity index (χ1n) is 19.8. The first-order chi connectivity index (χ1) is 24.8. The Morgan fingerprint density at radius 3 is 1.69 bits per heavy atom. The molecule has 0 aliphatic heterocycles. The molecule has 294 valence electrons. The van der Waals surface area contributed by atoms with Crippen LogP contribution in [0.4, 0.5) is 0 Å². The third kappa shape index (κ3) is 37.3. The number of hydrogen-bond donors (Lipinski definition) is 2. The predicted molar refractivity (Wildman–Crippen MR) is 210 cm³/mol. The Balaban J connectivity index is 4.28. The number of esters is 2. The van der Waals surface area contributed by atoms with E-state index in [4.69, 9.17) is 24.3 Å². The van der Waals surface area contributed by atoms with Gasteiger partial charge in [-0.3, -0.25) is 18.6 Å². The molecule has 0 aliphatic carbocycles. The van der Waals surface area contributed by atoms with E-state index in [1.807, 2.05) is 30.4 Å². The molecule has 51 heavy (non-hydrogen) atoms. The second-order valence-corrected chi connectivity index (χ2v) is 14.3. The SMILES string of the molecule is CC/C=C/C=C/C=C/C=C/CCCCCCCC(=O)OC[C@H](COP(=O)(O)OCCN)OC(=O)CCCCC/C=C/CCCCCCCCCC. The summed E-state index contributed by atoms with van der Waals surface area (Å²) >= 11 is 0. The Kier molecular flexibility index (Phi) is 35.8. The highest BCUT2D eigenvalue weighted by Crippen LogP contribution is 2.43. The Morgan fingerprint density at radius 2 is 1.10 bits per heavy atom. The lowest BCUT2D eigenvalue weighted by molar-refractivity contribution is -0.161. The monoisotopic (exact) mass is 737 g/mol.